The second kappa shape index (κ2) is 6.34. The van der Waals surface area contributed by atoms with Gasteiger partial charge >= 0.3 is 5.97 Å². The van der Waals surface area contributed by atoms with Crippen molar-refractivity contribution in [1.29, 1.82) is 0 Å². The summed E-state index contributed by atoms with van der Waals surface area (Å²) >= 11 is 0. The van der Waals surface area contributed by atoms with Crippen LogP contribution in [0.5, 0.6) is 0 Å². The van der Waals surface area contributed by atoms with Gasteiger partial charge in [-0.15, -0.1) is 0 Å². The molecule has 0 spiro atoms. The van der Waals surface area contributed by atoms with E-state index in [4.69, 9.17) is 5.11 Å². The lowest BCUT2D eigenvalue weighted by molar-refractivity contribution is -0.137. The molecular formula is C16H22N2O4. The SMILES string of the molecule is CC(C)(CCC(=O)O)NC(=O)c1cc2c([nH]c1=O)CCCC2. The van der Waals surface area contributed by atoms with Crippen LogP contribution < -0.4 is 10.9 Å². The number of carboxylic acid groups (broad SMARTS) is 1. The monoisotopic (exact) mass is 306 g/mol. The van der Waals surface area contributed by atoms with E-state index in [-0.39, 0.29) is 17.5 Å². The van der Waals surface area contributed by atoms with Gasteiger partial charge in [-0.2, -0.15) is 0 Å². The van der Waals surface area contributed by atoms with Gasteiger partial charge in [0.1, 0.15) is 5.56 Å². The zero-order chi connectivity index (χ0) is 16.3. The van der Waals surface area contributed by atoms with E-state index < -0.39 is 17.4 Å². The molecule has 2 rings (SSSR count). The van der Waals surface area contributed by atoms with Crippen LogP contribution in [-0.4, -0.2) is 27.5 Å². The molecule has 0 aliphatic heterocycles. The summed E-state index contributed by atoms with van der Waals surface area (Å²) in [6.07, 6.45) is 4.09. The zero-order valence-electron chi connectivity index (χ0n) is 13.0. The second-order valence-electron chi connectivity index (χ2n) is 6.45. The first kappa shape index (κ1) is 16.3. The molecule has 0 unspecified atom stereocenters. The Balaban J connectivity index is 2.15. The van der Waals surface area contributed by atoms with Gasteiger partial charge in [-0.05, 0) is 57.6 Å². The van der Waals surface area contributed by atoms with E-state index in [0.717, 1.165) is 36.9 Å². The molecule has 1 aromatic rings. The maximum atomic E-state index is 12.3. The number of rotatable bonds is 5. The van der Waals surface area contributed by atoms with Crippen molar-refractivity contribution in [3.8, 4) is 0 Å². The molecule has 6 nitrogen and oxygen atoms in total. The molecule has 0 saturated heterocycles. The van der Waals surface area contributed by atoms with Crippen LogP contribution in [0, 0.1) is 0 Å². The van der Waals surface area contributed by atoms with Crippen LogP contribution in [0.15, 0.2) is 10.9 Å². The molecule has 0 radical (unpaired) electrons. The number of amides is 1. The fraction of sp³-hybridized carbons (Fsp3) is 0.562. The van der Waals surface area contributed by atoms with E-state index in [0.29, 0.717) is 6.42 Å². The number of aliphatic carboxylic acids is 1. The number of pyridine rings is 1. The van der Waals surface area contributed by atoms with Crippen LogP contribution in [0.3, 0.4) is 0 Å². The van der Waals surface area contributed by atoms with Gasteiger partial charge in [0.2, 0.25) is 0 Å². The topological polar surface area (TPSA) is 99.3 Å². The Hall–Kier alpha value is -2.11. The summed E-state index contributed by atoms with van der Waals surface area (Å²) in [7, 11) is 0. The fourth-order valence-corrected chi connectivity index (χ4v) is 2.70. The minimum Gasteiger partial charge on any atom is -0.481 e. The number of aromatic nitrogens is 1. The average Bonchev–Trinajstić information content (AvgIpc) is 2.44. The number of nitrogens with one attached hydrogen (secondary N) is 2. The highest BCUT2D eigenvalue weighted by Crippen LogP contribution is 2.19. The van der Waals surface area contributed by atoms with E-state index in [2.05, 4.69) is 10.3 Å². The molecule has 1 amide bonds. The number of carbonyl (C=O) groups is 2. The van der Waals surface area contributed by atoms with E-state index in [1.807, 2.05) is 0 Å². The smallest absolute Gasteiger partial charge is 0.303 e. The van der Waals surface area contributed by atoms with E-state index in [1.165, 1.54) is 0 Å². The minimum absolute atomic E-state index is 0.0339. The molecule has 0 bridgehead atoms. The molecule has 1 aromatic heterocycles. The number of carboxylic acids is 1. The van der Waals surface area contributed by atoms with Gasteiger partial charge in [0.25, 0.3) is 11.5 Å². The van der Waals surface area contributed by atoms with E-state index in [1.54, 1.807) is 19.9 Å². The molecule has 0 saturated carbocycles. The van der Waals surface area contributed by atoms with Crippen molar-refractivity contribution < 1.29 is 14.7 Å². The van der Waals surface area contributed by atoms with Crippen molar-refractivity contribution in [3.05, 3.63) is 33.2 Å². The number of carbonyl (C=O) groups excluding carboxylic acids is 1. The van der Waals surface area contributed by atoms with Gasteiger partial charge in [0.05, 0.1) is 0 Å². The number of hydrogen-bond donors (Lipinski definition) is 3. The lowest BCUT2D eigenvalue weighted by Crippen LogP contribution is -2.45. The summed E-state index contributed by atoms with van der Waals surface area (Å²) in [6, 6.07) is 1.68. The first-order valence-corrected chi connectivity index (χ1v) is 7.58. The predicted octanol–water partition coefficient (Wildman–Crippen LogP) is 1.63. The van der Waals surface area contributed by atoms with Gasteiger partial charge in [0.15, 0.2) is 0 Å². The first-order chi connectivity index (χ1) is 10.3. The molecule has 1 aliphatic rings. The molecule has 1 aliphatic carbocycles. The summed E-state index contributed by atoms with van der Waals surface area (Å²) in [6.45, 7) is 3.50. The van der Waals surface area contributed by atoms with Crippen molar-refractivity contribution in [2.75, 3.05) is 0 Å². The van der Waals surface area contributed by atoms with E-state index >= 15 is 0 Å². The normalized spacial score (nSPS) is 14.3. The van der Waals surface area contributed by atoms with Gasteiger partial charge < -0.3 is 15.4 Å². The van der Waals surface area contributed by atoms with Crippen LogP contribution >= 0.6 is 0 Å². The average molecular weight is 306 g/mol. The Morgan fingerprint density at radius 2 is 2.00 bits per heavy atom. The molecule has 0 fully saturated rings. The minimum atomic E-state index is -0.908. The number of aromatic amines is 1. The van der Waals surface area contributed by atoms with Crippen molar-refractivity contribution in [3.63, 3.8) is 0 Å². The Morgan fingerprint density at radius 1 is 1.32 bits per heavy atom. The quantitative estimate of drug-likeness (QED) is 0.769. The number of hydrogen-bond acceptors (Lipinski definition) is 3. The maximum Gasteiger partial charge on any atom is 0.303 e. The summed E-state index contributed by atoms with van der Waals surface area (Å²) in [5.41, 5.74) is 0.992. The highest BCUT2D eigenvalue weighted by atomic mass is 16.4. The number of fused-ring (bicyclic) bond motifs is 1. The fourth-order valence-electron chi connectivity index (χ4n) is 2.70. The lowest BCUT2D eigenvalue weighted by atomic mass is 9.94. The number of H-pyrrole nitrogens is 1. The second-order valence-corrected chi connectivity index (χ2v) is 6.45. The van der Waals surface area contributed by atoms with Crippen molar-refractivity contribution in [2.24, 2.45) is 0 Å². The van der Waals surface area contributed by atoms with Crippen LogP contribution in [0.4, 0.5) is 0 Å². The third-order valence-electron chi connectivity index (χ3n) is 4.00. The molecule has 0 atom stereocenters. The predicted molar refractivity (Wildman–Crippen MR) is 82.1 cm³/mol. The third-order valence-corrected chi connectivity index (χ3v) is 4.00. The first-order valence-electron chi connectivity index (χ1n) is 7.58. The van der Waals surface area contributed by atoms with Crippen molar-refractivity contribution in [2.45, 2.75) is 57.9 Å². The summed E-state index contributed by atoms with van der Waals surface area (Å²) < 4.78 is 0. The van der Waals surface area contributed by atoms with Crippen LogP contribution in [0.25, 0.3) is 0 Å². The van der Waals surface area contributed by atoms with E-state index in [9.17, 15) is 14.4 Å². The molecule has 6 heteroatoms. The van der Waals surface area contributed by atoms with Crippen LogP contribution in [-0.2, 0) is 17.6 Å². The summed E-state index contributed by atoms with van der Waals surface area (Å²) in [4.78, 5) is 37.9. The highest BCUT2D eigenvalue weighted by molar-refractivity contribution is 5.94. The van der Waals surface area contributed by atoms with Gasteiger partial charge in [-0.3, -0.25) is 14.4 Å². The summed E-state index contributed by atoms with van der Waals surface area (Å²) in [5.74, 6) is -1.36. The zero-order valence-corrected chi connectivity index (χ0v) is 13.0. The third kappa shape index (κ3) is 3.96. The molecule has 3 N–H and O–H groups in total. The molecule has 1 heterocycles. The number of aryl methyl sites for hydroxylation is 2. The maximum absolute atomic E-state index is 12.3. The highest BCUT2D eigenvalue weighted by Gasteiger charge is 2.24. The molecule has 22 heavy (non-hydrogen) atoms. The molecule has 120 valence electrons. The van der Waals surface area contributed by atoms with Crippen LogP contribution in [0.2, 0.25) is 0 Å². The Bertz CT molecular complexity index is 646. The lowest BCUT2D eigenvalue weighted by Gasteiger charge is -2.26. The molecular weight excluding hydrogens is 284 g/mol. The Morgan fingerprint density at radius 3 is 2.68 bits per heavy atom. The molecule has 0 aromatic carbocycles. The van der Waals surface area contributed by atoms with Crippen LogP contribution in [0.1, 0.15) is 61.1 Å². The summed E-state index contributed by atoms with van der Waals surface area (Å²) in [5, 5.41) is 11.5. The standard InChI is InChI=1S/C16H22N2O4/c1-16(2,8-7-13(19)20)18-15(22)11-9-10-5-3-4-6-12(10)17-14(11)21/h9H,3-8H2,1-2H3,(H,17,21)(H,18,22)(H,19,20). The Kier molecular flexibility index (Phi) is 4.68. The van der Waals surface area contributed by atoms with Crippen molar-refractivity contribution in [1.82, 2.24) is 10.3 Å². The van der Waals surface area contributed by atoms with Gasteiger partial charge in [-0.1, -0.05) is 0 Å². The Labute approximate surface area is 128 Å². The van der Waals surface area contributed by atoms with Gasteiger partial charge in [-0.25, -0.2) is 0 Å². The van der Waals surface area contributed by atoms with Gasteiger partial charge in [0, 0.05) is 17.7 Å². The van der Waals surface area contributed by atoms with Crippen molar-refractivity contribution >= 4 is 11.9 Å². The largest absolute Gasteiger partial charge is 0.481 e.